The van der Waals surface area contributed by atoms with Gasteiger partial charge in [0, 0.05) is 0 Å². The first-order chi connectivity index (χ1) is 18.6. The van der Waals surface area contributed by atoms with Crippen LogP contribution in [0.4, 0.5) is 8.78 Å². The monoisotopic (exact) mass is 516 g/mol. The first-order valence-electron chi connectivity index (χ1n) is 14.9. The van der Waals surface area contributed by atoms with Crippen molar-refractivity contribution in [3.8, 4) is 16.9 Å². The van der Waals surface area contributed by atoms with Crippen molar-refractivity contribution in [3.05, 3.63) is 89.5 Å². The predicted octanol–water partition coefficient (Wildman–Crippen LogP) is 10.5. The standard InChI is InChI=1S/C35H42F2O/c1-2-3-4-6-9-25-12-13-29-21-30(15-14-28(29)20-25)31-22-33(36)35(34(37)23-31)27-16-18-32(19-17-27)38-24-26-10-7-5-8-11-26/h5,7-8,10-11,16-19,22-23,25,28-30H,2-4,6,9,12-15,20-21,24H2,1H3/t25?,28-,29-,30-/m1/s1. The van der Waals surface area contributed by atoms with Gasteiger partial charge in [-0.2, -0.15) is 0 Å². The second-order valence-electron chi connectivity index (χ2n) is 11.7. The van der Waals surface area contributed by atoms with Gasteiger partial charge in [0.05, 0.1) is 5.56 Å². The average molecular weight is 517 g/mol. The predicted molar refractivity (Wildman–Crippen MR) is 152 cm³/mol. The van der Waals surface area contributed by atoms with E-state index in [9.17, 15) is 0 Å². The Kier molecular flexibility index (Phi) is 9.14. The lowest BCUT2D eigenvalue weighted by Gasteiger charge is -2.42. The molecule has 0 radical (unpaired) electrons. The normalized spacial score (nSPS) is 23.1. The molecular formula is C35H42F2O. The van der Waals surface area contributed by atoms with E-state index in [1.165, 1.54) is 57.8 Å². The van der Waals surface area contributed by atoms with Crippen LogP contribution in [0.25, 0.3) is 11.1 Å². The molecule has 3 aromatic rings. The third-order valence-corrected chi connectivity index (χ3v) is 9.11. The van der Waals surface area contributed by atoms with E-state index in [0.717, 1.165) is 41.7 Å². The summed E-state index contributed by atoms with van der Waals surface area (Å²) >= 11 is 0. The molecule has 0 aliphatic heterocycles. The number of rotatable bonds is 10. The van der Waals surface area contributed by atoms with E-state index in [0.29, 0.717) is 17.9 Å². The summed E-state index contributed by atoms with van der Waals surface area (Å²) in [6.45, 7) is 2.73. The van der Waals surface area contributed by atoms with Gasteiger partial charge < -0.3 is 4.74 Å². The molecular weight excluding hydrogens is 474 g/mol. The Morgan fingerprint density at radius 3 is 2.21 bits per heavy atom. The zero-order chi connectivity index (χ0) is 26.3. The lowest BCUT2D eigenvalue weighted by Crippen LogP contribution is -2.30. The minimum absolute atomic E-state index is 0.0561. The van der Waals surface area contributed by atoms with E-state index in [4.69, 9.17) is 4.74 Å². The largest absolute Gasteiger partial charge is 0.489 e. The highest BCUT2D eigenvalue weighted by molar-refractivity contribution is 5.66. The third kappa shape index (κ3) is 6.65. The van der Waals surface area contributed by atoms with Crippen LogP contribution < -0.4 is 4.74 Å². The molecule has 2 saturated carbocycles. The number of hydrogen-bond donors (Lipinski definition) is 0. The molecule has 3 heteroatoms. The Balaban J connectivity index is 1.19. The van der Waals surface area contributed by atoms with Gasteiger partial charge in [-0.05, 0) is 96.7 Å². The van der Waals surface area contributed by atoms with Gasteiger partial charge in [-0.25, -0.2) is 8.78 Å². The molecule has 2 aliphatic carbocycles. The van der Waals surface area contributed by atoms with Gasteiger partial charge in [0.2, 0.25) is 0 Å². The molecule has 0 amide bonds. The Bertz CT molecular complexity index is 1130. The molecule has 2 aliphatic rings. The fourth-order valence-corrected chi connectivity index (χ4v) is 6.97. The fraction of sp³-hybridized carbons (Fsp3) is 0.486. The lowest BCUT2D eigenvalue weighted by atomic mass is 9.63. The second-order valence-corrected chi connectivity index (χ2v) is 11.7. The molecule has 0 heterocycles. The molecule has 38 heavy (non-hydrogen) atoms. The van der Waals surface area contributed by atoms with Crippen molar-refractivity contribution in [2.45, 2.75) is 90.1 Å². The van der Waals surface area contributed by atoms with Gasteiger partial charge >= 0.3 is 0 Å². The Labute approximate surface area is 227 Å². The van der Waals surface area contributed by atoms with E-state index in [-0.39, 0.29) is 11.5 Å². The van der Waals surface area contributed by atoms with Crippen LogP contribution in [0, 0.1) is 29.4 Å². The minimum Gasteiger partial charge on any atom is -0.489 e. The summed E-state index contributed by atoms with van der Waals surface area (Å²) in [7, 11) is 0. The molecule has 0 N–H and O–H groups in total. The van der Waals surface area contributed by atoms with Crippen molar-refractivity contribution in [1.29, 1.82) is 0 Å². The summed E-state index contributed by atoms with van der Waals surface area (Å²) in [6.07, 6.45) is 14.2. The van der Waals surface area contributed by atoms with Crippen LogP contribution in [-0.2, 0) is 6.61 Å². The molecule has 0 aromatic heterocycles. The van der Waals surface area contributed by atoms with Crippen molar-refractivity contribution >= 4 is 0 Å². The van der Waals surface area contributed by atoms with Crippen LogP contribution >= 0.6 is 0 Å². The maximum absolute atomic E-state index is 15.3. The van der Waals surface area contributed by atoms with E-state index >= 15 is 8.78 Å². The van der Waals surface area contributed by atoms with Gasteiger partial charge in [0.15, 0.2) is 0 Å². The van der Waals surface area contributed by atoms with Crippen LogP contribution in [0.1, 0.15) is 94.6 Å². The fourth-order valence-electron chi connectivity index (χ4n) is 6.97. The van der Waals surface area contributed by atoms with E-state index in [2.05, 4.69) is 6.92 Å². The molecule has 3 aromatic carbocycles. The summed E-state index contributed by atoms with van der Waals surface area (Å²) in [4.78, 5) is 0. The summed E-state index contributed by atoms with van der Waals surface area (Å²) < 4.78 is 36.4. The quantitative estimate of drug-likeness (QED) is 0.244. The topological polar surface area (TPSA) is 9.23 Å². The minimum atomic E-state index is -0.462. The molecule has 0 spiro atoms. The number of unbranched alkanes of at least 4 members (excludes halogenated alkanes) is 3. The summed E-state index contributed by atoms with van der Waals surface area (Å²) in [5, 5.41) is 0. The van der Waals surface area contributed by atoms with E-state index in [1.54, 1.807) is 36.4 Å². The van der Waals surface area contributed by atoms with Gasteiger partial charge in [0.1, 0.15) is 24.0 Å². The SMILES string of the molecule is CCCCCCC1CC[C@@H]2C[C@H](c3cc(F)c(-c4ccc(OCc5ccccc5)cc4)c(F)c3)CC[C@@H]2C1. The first kappa shape index (κ1) is 26.9. The van der Waals surface area contributed by atoms with Crippen molar-refractivity contribution < 1.29 is 13.5 Å². The number of hydrogen-bond acceptors (Lipinski definition) is 1. The summed E-state index contributed by atoms with van der Waals surface area (Å²) in [5.74, 6) is 2.45. The third-order valence-electron chi connectivity index (χ3n) is 9.11. The summed E-state index contributed by atoms with van der Waals surface area (Å²) in [5.41, 5.74) is 2.51. The zero-order valence-corrected chi connectivity index (χ0v) is 22.8. The maximum atomic E-state index is 15.3. The zero-order valence-electron chi connectivity index (χ0n) is 22.8. The molecule has 4 atom stereocenters. The lowest BCUT2D eigenvalue weighted by molar-refractivity contribution is 0.113. The Hall–Kier alpha value is -2.68. The molecule has 202 valence electrons. The highest BCUT2D eigenvalue weighted by Gasteiger charge is 2.36. The van der Waals surface area contributed by atoms with Crippen molar-refractivity contribution in [3.63, 3.8) is 0 Å². The molecule has 0 saturated heterocycles. The smallest absolute Gasteiger partial charge is 0.134 e. The van der Waals surface area contributed by atoms with Crippen LogP contribution in [-0.4, -0.2) is 0 Å². The van der Waals surface area contributed by atoms with Crippen LogP contribution in [0.5, 0.6) is 5.75 Å². The number of halogens is 2. The van der Waals surface area contributed by atoms with Crippen molar-refractivity contribution in [2.24, 2.45) is 17.8 Å². The van der Waals surface area contributed by atoms with E-state index < -0.39 is 11.6 Å². The van der Waals surface area contributed by atoms with Gasteiger partial charge in [-0.3, -0.25) is 0 Å². The number of fused-ring (bicyclic) bond motifs is 1. The van der Waals surface area contributed by atoms with Crippen molar-refractivity contribution in [2.75, 3.05) is 0 Å². The molecule has 1 nitrogen and oxygen atoms in total. The Morgan fingerprint density at radius 2 is 1.47 bits per heavy atom. The number of benzene rings is 3. The first-order valence-corrected chi connectivity index (χ1v) is 14.9. The summed E-state index contributed by atoms with van der Waals surface area (Å²) in [6, 6.07) is 20.2. The number of ether oxygens (including phenoxy) is 1. The van der Waals surface area contributed by atoms with Gasteiger partial charge in [0.25, 0.3) is 0 Å². The molecule has 2 fully saturated rings. The highest BCUT2D eigenvalue weighted by atomic mass is 19.1. The maximum Gasteiger partial charge on any atom is 0.134 e. The Morgan fingerprint density at radius 1 is 0.763 bits per heavy atom. The molecule has 5 rings (SSSR count). The molecule has 0 bridgehead atoms. The highest BCUT2D eigenvalue weighted by Crippen LogP contribution is 2.49. The van der Waals surface area contributed by atoms with Crippen LogP contribution in [0.15, 0.2) is 66.7 Å². The van der Waals surface area contributed by atoms with Crippen LogP contribution in [0.2, 0.25) is 0 Å². The van der Waals surface area contributed by atoms with E-state index in [1.807, 2.05) is 30.3 Å². The van der Waals surface area contributed by atoms with Crippen molar-refractivity contribution in [1.82, 2.24) is 0 Å². The molecule has 1 unspecified atom stereocenters. The van der Waals surface area contributed by atoms with Gasteiger partial charge in [-0.15, -0.1) is 0 Å². The average Bonchev–Trinajstić information content (AvgIpc) is 2.95. The second kappa shape index (κ2) is 12.9. The van der Waals surface area contributed by atoms with Crippen LogP contribution in [0.3, 0.4) is 0 Å². The van der Waals surface area contributed by atoms with Gasteiger partial charge in [-0.1, -0.05) is 87.9 Å².